The van der Waals surface area contributed by atoms with Gasteiger partial charge in [-0.15, -0.1) is 0 Å². The Hall–Kier alpha value is -3.83. The highest BCUT2D eigenvalue weighted by atomic mass is 16.5. The summed E-state index contributed by atoms with van der Waals surface area (Å²) in [7, 11) is 0. The molecule has 0 bridgehead atoms. The second kappa shape index (κ2) is 10.8. The first-order valence-corrected chi connectivity index (χ1v) is 12.5. The van der Waals surface area contributed by atoms with Crippen molar-refractivity contribution >= 4 is 16.7 Å². The average Bonchev–Trinajstić information content (AvgIpc) is 2.90. The smallest absolute Gasteiger partial charge is 0.341 e. The molecular weight excluding hydrogens is 450 g/mol. The Kier molecular flexibility index (Phi) is 7.19. The number of nitrogens with one attached hydrogen (secondary N) is 1. The molecule has 5 rings (SSSR count). The van der Waals surface area contributed by atoms with Crippen LogP contribution >= 0.6 is 0 Å². The minimum Gasteiger partial charge on any atom is -0.489 e. The molecule has 36 heavy (non-hydrogen) atoms. The Bertz CT molecular complexity index is 1360. The van der Waals surface area contributed by atoms with Gasteiger partial charge in [-0.05, 0) is 65.9 Å². The molecule has 0 amide bonds. The third-order valence-electron chi connectivity index (χ3n) is 6.88. The fourth-order valence-corrected chi connectivity index (χ4v) is 5.06. The van der Waals surface area contributed by atoms with Crippen LogP contribution in [0.25, 0.3) is 10.8 Å². The van der Waals surface area contributed by atoms with Gasteiger partial charge in [-0.2, -0.15) is 0 Å². The number of hydrogen-bond donors (Lipinski definition) is 2. The van der Waals surface area contributed by atoms with Crippen molar-refractivity contribution in [3.05, 3.63) is 107 Å². The molecule has 1 heterocycles. The second-order valence-electron chi connectivity index (χ2n) is 9.37. The van der Waals surface area contributed by atoms with Crippen molar-refractivity contribution in [3.8, 4) is 11.5 Å². The summed E-state index contributed by atoms with van der Waals surface area (Å²) in [6.45, 7) is 3.21. The molecule has 4 aromatic rings. The van der Waals surface area contributed by atoms with E-state index in [1.165, 1.54) is 16.3 Å². The first-order chi connectivity index (χ1) is 17.6. The van der Waals surface area contributed by atoms with Gasteiger partial charge < -0.3 is 19.9 Å². The molecule has 2 atom stereocenters. The summed E-state index contributed by atoms with van der Waals surface area (Å²) < 4.78 is 11.9. The summed E-state index contributed by atoms with van der Waals surface area (Å²) in [5.74, 6) is 0.685. The predicted molar refractivity (Wildman–Crippen MR) is 142 cm³/mol. The molecule has 0 fully saturated rings. The summed E-state index contributed by atoms with van der Waals surface area (Å²) in [5, 5.41) is 15.2. The number of carbonyl (C=O) groups is 1. The highest BCUT2D eigenvalue weighted by Gasteiger charge is 2.29. The maximum Gasteiger partial charge on any atom is 0.341 e. The summed E-state index contributed by atoms with van der Waals surface area (Å²) in [6, 6.07) is 29.3. The lowest BCUT2D eigenvalue weighted by Gasteiger charge is -2.33. The lowest BCUT2D eigenvalue weighted by Crippen LogP contribution is -2.36. The Balaban J connectivity index is 1.28. The minimum absolute atomic E-state index is 0.0297. The monoisotopic (exact) mass is 481 g/mol. The van der Waals surface area contributed by atoms with Crippen LogP contribution in [0, 0.1) is 6.92 Å². The molecule has 2 N–H and O–H groups in total. The zero-order valence-electron chi connectivity index (χ0n) is 20.4. The molecule has 5 nitrogen and oxygen atoms in total. The van der Waals surface area contributed by atoms with Gasteiger partial charge in [0.15, 0.2) is 6.61 Å². The lowest BCUT2D eigenvalue weighted by atomic mass is 9.83. The predicted octanol–water partition coefficient (Wildman–Crippen LogP) is 5.73. The zero-order chi connectivity index (χ0) is 24.9. The average molecular weight is 482 g/mol. The summed E-state index contributed by atoms with van der Waals surface area (Å²) in [6.07, 6.45) is 1.82. The largest absolute Gasteiger partial charge is 0.489 e. The molecule has 1 aliphatic heterocycles. The Morgan fingerprint density at radius 3 is 2.72 bits per heavy atom. The van der Waals surface area contributed by atoms with E-state index in [4.69, 9.17) is 14.6 Å². The van der Waals surface area contributed by atoms with Crippen molar-refractivity contribution in [1.29, 1.82) is 0 Å². The van der Waals surface area contributed by atoms with Crippen LogP contribution in [0.3, 0.4) is 0 Å². The van der Waals surface area contributed by atoms with Crippen molar-refractivity contribution in [2.45, 2.75) is 31.8 Å². The molecule has 0 spiro atoms. The molecule has 0 aliphatic carbocycles. The number of para-hydroxylation sites is 1. The summed E-state index contributed by atoms with van der Waals surface area (Å²) >= 11 is 0. The number of ether oxygens (including phenoxy) is 2. The second-order valence-corrected chi connectivity index (χ2v) is 9.37. The quantitative estimate of drug-likeness (QED) is 0.299. The van der Waals surface area contributed by atoms with E-state index in [1.54, 1.807) is 0 Å². The highest BCUT2D eigenvalue weighted by molar-refractivity contribution is 5.85. The normalized spacial score (nSPS) is 16.8. The first-order valence-electron chi connectivity index (χ1n) is 12.5. The number of aryl methyl sites for hydroxylation is 1. The highest BCUT2D eigenvalue weighted by Crippen LogP contribution is 2.41. The van der Waals surface area contributed by atoms with Crippen molar-refractivity contribution in [2.24, 2.45) is 0 Å². The van der Waals surface area contributed by atoms with Gasteiger partial charge in [-0.1, -0.05) is 72.8 Å². The Morgan fingerprint density at radius 2 is 1.83 bits per heavy atom. The molecular formula is C31H31NO4. The van der Waals surface area contributed by atoms with Crippen LogP contribution in [0.1, 0.15) is 34.6 Å². The molecule has 4 aromatic carbocycles. The topological polar surface area (TPSA) is 67.8 Å². The van der Waals surface area contributed by atoms with E-state index in [-0.39, 0.29) is 18.6 Å². The van der Waals surface area contributed by atoms with Crippen molar-refractivity contribution < 1.29 is 19.4 Å². The van der Waals surface area contributed by atoms with Gasteiger partial charge in [0.25, 0.3) is 0 Å². The molecule has 0 aromatic heterocycles. The van der Waals surface area contributed by atoms with Crippen LogP contribution in [0.4, 0.5) is 0 Å². The van der Waals surface area contributed by atoms with E-state index in [9.17, 15) is 4.79 Å². The molecule has 0 saturated carbocycles. The van der Waals surface area contributed by atoms with E-state index < -0.39 is 5.97 Å². The maximum absolute atomic E-state index is 11.0. The Morgan fingerprint density at radius 1 is 1.03 bits per heavy atom. The lowest BCUT2D eigenvalue weighted by molar-refractivity contribution is -0.139. The van der Waals surface area contributed by atoms with Gasteiger partial charge in [0, 0.05) is 18.0 Å². The number of rotatable bonds is 9. The van der Waals surface area contributed by atoms with Crippen LogP contribution < -0.4 is 14.8 Å². The fourth-order valence-electron chi connectivity index (χ4n) is 5.06. The van der Waals surface area contributed by atoms with Crippen molar-refractivity contribution in [1.82, 2.24) is 5.32 Å². The van der Waals surface area contributed by atoms with Crippen LogP contribution in [-0.2, 0) is 11.2 Å². The van der Waals surface area contributed by atoms with E-state index in [0.717, 1.165) is 48.4 Å². The van der Waals surface area contributed by atoms with Gasteiger partial charge in [0.2, 0.25) is 0 Å². The maximum atomic E-state index is 11.0. The summed E-state index contributed by atoms with van der Waals surface area (Å²) in [5.41, 5.74) is 4.53. The van der Waals surface area contributed by atoms with E-state index in [2.05, 4.69) is 59.9 Å². The number of hydrogen-bond acceptors (Lipinski definition) is 4. The van der Waals surface area contributed by atoms with Gasteiger partial charge >= 0.3 is 5.97 Å². The van der Waals surface area contributed by atoms with Crippen molar-refractivity contribution in [3.63, 3.8) is 0 Å². The van der Waals surface area contributed by atoms with Gasteiger partial charge in [0.05, 0.1) is 0 Å². The third-order valence-corrected chi connectivity index (χ3v) is 6.88. The van der Waals surface area contributed by atoms with Crippen LogP contribution in [0.5, 0.6) is 11.5 Å². The van der Waals surface area contributed by atoms with E-state index >= 15 is 0 Å². The van der Waals surface area contributed by atoms with Crippen LogP contribution in [0.15, 0.2) is 84.9 Å². The molecule has 5 heteroatoms. The molecule has 1 aliphatic rings. The number of carboxylic acid groups (broad SMARTS) is 1. The SMILES string of the molecule is Cc1ccc(C2CC(CNCCc3cccc4ccccc34)Oc3ccccc32)cc1OCC(=O)O. The first kappa shape index (κ1) is 23.9. The number of carboxylic acids is 1. The fraction of sp³-hybridized carbons (Fsp3) is 0.258. The molecule has 2 unspecified atom stereocenters. The van der Waals surface area contributed by atoms with Crippen LogP contribution in [-0.4, -0.2) is 36.9 Å². The standard InChI is InChI=1S/C31H31NO4/c1-21-13-14-24(17-30(21)35-20-31(33)34)28-18-25(36-29-12-5-4-11-27(28)29)19-32-16-15-23-9-6-8-22-7-2-3-10-26(22)23/h2-14,17,25,28,32H,15-16,18-20H2,1H3,(H,33,34). The van der Waals surface area contributed by atoms with Gasteiger partial charge in [-0.25, -0.2) is 4.79 Å². The Labute approximate surface area is 211 Å². The molecule has 0 saturated heterocycles. The number of benzene rings is 4. The van der Waals surface area contributed by atoms with Gasteiger partial charge in [0.1, 0.15) is 17.6 Å². The molecule has 184 valence electrons. The van der Waals surface area contributed by atoms with E-state index in [0.29, 0.717) is 5.75 Å². The summed E-state index contributed by atoms with van der Waals surface area (Å²) in [4.78, 5) is 11.0. The zero-order valence-corrected chi connectivity index (χ0v) is 20.4. The van der Waals surface area contributed by atoms with E-state index in [1.807, 2.05) is 37.3 Å². The van der Waals surface area contributed by atoms with Crippen LogP contribution in [0.2, 0.25) is 0 Å². The molecule has 0 radical (unpaired) electrons. The third kappa shape index (κ3) is 5.37. The van der Waals surface area contributed by atoms with Crippen molar-refractivity contribution in [2.75, 3.05) is 19.7 Å². The minimum atomic E-state index is -0.981. The van der Waals surface area contributed by atoms with Gasteiger partial charge in [-0.3, -0.25) is 0 Å². The number of aliphatic carboxylic acids is 1. The number of fused-ring (bicyclic) bond motifs is 2.